The quantitative estimate of drug-likeness (QED) is 0.833. The lowest BCUT2D eigenvalue weighted by atomic mass is 9.86. The van der Waals surface area contributed by atoms with Gasteiger partial charge in [0.1, 0.15) is 0 Å². The zero-order valence-corrected chi connectivity index (χ0v) is 15.2. The fourth-order valence-electron chi connectivity index (χ4n) is 2.31. The van der Waals surface area contributed by atoms with Gasteiger partial charge in [0.15, 0.2) is 0 Å². The van der Waals surface area contributed by atoms with E-state index in [1.807, 2.05) is 6.92 Å². The van der Waals surface area contributed by atoms with Crippen molar-refractivity contribution < 1.29 is 8.42 Å². The summed E-state index contributed by atoms with van der Waals surface area (Å²) in [5.41, 5.74) is 0.914. The van der Waals surface area contributed by atoms with Gasteiger partial charge in [0.05, 0.1) is 4.90 Å². The monoisotopic (exact) mass is 361 g/mol. The molecule has 3 nitrogen and oxygen atoms in total. The van der Waals surface area contributed by atoms with E-state index in [1.165, 1.54) is 0 Å². The number of hydrogen-bond acceptors (Lipinski definition) is 2. The number of hydrogen-bond donors (Lipinski definition) is 1. The van der Waals surface area contributed by atoms with Crippen molar-refractivity contribution >= 4 is 26.0 Å². The van der Waals surface area contributed by atoms with Gasteiger partial charge in [-0.25, -0.2) is 13.1 Å². The van der Waals surface area contributed by atoms with Crippen molar-refractivity contribution in [2.75, 3.05) is 6.54 Å². The van der Waals surface area contributed by atoms with Crippen molar-refractivity contribution in [1.29, 1.82) is 0 Å². The molecule has 0 fully saturated rings. The van der Waals surface area contributed by atoms with Gasteiger partial charge >= 0.3 is 0 Å². The average molecular weight is 362 g/mol. The molecule has 0 spiro atoms. The zero-order chi connectivity index (χ0) is 15.5. The summed E-state index contributed by atoms with van der Waals surface area (Å²) in [5, 5.41) is 0. The number of nitrogens with one attached hydrogen (secondary N) is 1. The van der Waals surface area contributed by atoms with Crippen LogP contribution in [0.2, 0.25) is 0 Å². The Morgan fingerprint density at radius 1 is 1.15 bits per heavy atom. The van der Waals surface area contributed by atoms with E-state index in [0.717, 1.165) is 10.0 Å². The zero-order valence-electron chi connectivity index (χ0n) is 12.8. The lowest BCUT2D eigenvalue weighted by molar-refractivity contribution is 0.289. The third-order valence-corrected chi connectivity index (χ3v) is 5.97. The minimum atomic E-state index is -3.43. The van der Waals surface area contributed by atoms with E-state index in [4.69, 9.17) is 0 Å². The first-order valence-corrected chi connectivity index (χ1v) is 9.18. The minimum absolute atomic E-state index is 0.324. The normalized spacial score (nSPS) is 12.7. The molecule has 0 aromatic heterocycles. The highest BCUT2D eigenvalue weighted by Crippen LogP contribution is 2.22. The molecular weight excluding hydrogens is 338 g/mol. The summed E-state index contributed by atoms with van der Waals surface area (Å²) in [5.74, 6) is 1.23. The Kier molecular flexibility index (Phi) is 6.23. The van der Waals surface area contributed by atoms with Crippen LogP contribution in [0.5, 0.6) is 0 Å². The molecule has 0 saturated carbocycles. The molecule has 0 amide bonds. The van der Waals surface area contributed by atoms with Crippen LogP contribution in [0.25, 0.3) is 0 Å². The maximum absolute atomic E-state index is 12.3. The van der Waals surface area contributed by atoms with Gasteiger partial charge < -0.3 is 0 Å². The summed E-state index contributed by atoms with van der Waals surface area (Å²) in [6, 6.07) is 5.08. The van der Waals surface area contributed by atoms with Crippen LogP contribution in [0.15, 0.2) is 27.6 Å². The SMILES string of the molecule is Cc1cc(S(=O)(=O)NCC(C(C)C)C(C)C)ccc1Br. The maximum Gasteiger partial charge on any atom is 0.240 e. The summed E-state index contributed by atoms with van der Waals surface area (Å²) < 4.78 is 28.3. The van der Waals surface area contributed by atoms with Gasteiger partial charge in [0.25, 0.3) is 0 Å². The van der Waals surface area contributed by atoms with E-state index in [1.54, 1.807) is 18.2 Å². The van der Waals surface area contributed by atoms with Gasteiger partial charge in [0, 0.05) is 11.0 Å². The number of aryl methyl sites for hydroxylation is 1. The third kappa shape index (κ3) is 4.57. The van der Waals surface area contributed by atoms with Crippen LogP contribution in [-0.4, -0.2) is 15.0 Å². The van der Waals surface area contributed by atoms with Gasteiger partial charge in [-0.15, -0.1) is 0 Å². The highest BCUT2D eigenvalue weighted by molar-refractivity contribution is 9.10. The van der Waals surface area contributed by atoms with E-state index >= 15 is 0 Å². The first-order chi connectivity index (χ1) is 9.15. The first kappa shape index (κ1) is 17.7. The predicted molar refractivity (Wildman–Crippen MR) is 87.2 cm³/mol. The molecule has 20 heavy (non-hydrogen) atoms. The Bertz CT molecular complexity index is 545. The number of benzene rings is 1. The van der Waals surface area contributed by atoms with Gasteiger partial charge in [-0.3, -0.25) is 0 Å². The second-order valence-electron chi connectivity index (χ2n) is 5.91. The average Bonchev–Trinajstić information content (AvgIpc) is 2.31. The fourth-order valence-corrected chi connectivity index (χ4v) is 3.72. The fraction of sp³-hybridized carbons (Fsp3) is 0.600. The van der Waals surface area contributed by atoms with Crippen molar-refractivity contribution in [1.82, 2.24) is 4.72 Å². The van der Waals surface area contributed by atoms with Crippen LogP contribution in [0.4, 0.5) is 0 Å². The molecule has 0 saturated heterocycles. The Morgan fingerprint density at radius 3 is 2.15 bits per heavy atom. The molecule has 0 aliphatic rings. The second-order valence-corrected chi connectivity index (χ2v) is 8.54. The molecular formula is C15H24BrNO2S. The summed E-state index contributed by atoms with van der Waals surface area (Å²) >= 11 is 3.38. The van der Waals surface area contributed by atoms with Gasteiger partial charge in [-0.05, 0) is 48.4 Å². The Balaban J connectivity index is 2.87. The molecule has 1 N–H and O–H groups in total. The lowest BCUT2D eigenvalue weighted by Gasteiger charge is -2.25. The Hall–Kier alpha value is -0.390. The third-order valence-electron chi connectivity index (χ3n) is 3.66. The molecule has 0 aliphatic heterocycles. The molecule has 1 aromatic rings. The molecule has 0 bridgehead atoms. The van der Waals surface area contributed by atoms with Crippen molar-refractivity contribution in [3.8, 4) is 0 Å². The highest BCUT2D eigenvalue weighted by Gasteiger charge is 2.21. The second kappa shape index (κ2) is 7.05. The molecule has 1 aromatic carbocycles. The lowest BCUT2D eigenvalue weighted by Crippen LogP contribution is -2.34. The van der Waals surface area contributed by atoms with E-state index < -0.39 is 10.0 Å². The predicted octanol–water partition coefficient (Wildman–Crippen LogP) is 3.96. The summed E-state index contributed by atoms with van der Waals surface area (Å²) in [6.45, 7) is 10.9. The maximum atomic E-state index is 12.3. The standard InChI is InChI=1S/C15H24BrNO2S/c1-10(2)14(11(3)4)9-17-20(18,19)13-6-7-15(16)12(5)8-13/h6-8,10-11,14,17H,9H2,1-5H3. The minimum Gasteiger partial charge on any atom is -0.211 e. The highest BCUT2D eigenvalue weighted by atomic mass is 79.9. The van der Waals surface area contributed by atoms with Gasteiger partial charge in [-0.2, -0.15) is 0 Å². The number of rotatable bonds is 6. The van der Waals surface area contributed by atoms with Crippen molar-refractivity contribution in [2.24, 2.45) is 17.8 Å². The van der Waals surface area contributed by atoms with E-state index in [-0.39, 0.29) is 0 Å². The van der Waals surface area contributed by atoms with E-state index in [2.05, 4.69) is 48.3 Å². The summed E-state index contributed by atoms with van der Waals surface area (Å²) in [7, 11) is -3.43. The topological polar surface area (TPSA) is 46.2 Å². The molecule has 1 rings (SSSR count). The number of sulfonamides is 1. The van der Waals surface area contributed by atoms with Gasteiger partial charge in [-0.1, -0.05) is 43.6 Å². The van der Waals surface area contributed by atoms with E-state index in [9.17, 15) is 8.42 Å². The van der Waals surface area contributed by atoms with Crippen molar-refractivity contribution in [2.45, 2.75) is 39.5 Å². The summed E-state index contributed by atoms with van der Waals surface area (Å²) in [4.78, 5) is 0.324. The number of halogens is 1. The summed E-state index contributed by atoms with van der Waals surface area (Å²) in [6.07, 6.45) is 0. The van der Waals surface area contributed by atoms with Crippen molar-refractivity contribution in [3.05, 3.63) is 28.2 Å². The van der Waals surface area contributed by atoms with Gasteiger partial charge in [0.2, 0.25) is 10.0 Å². The molecule has 0 heterocycles. The molecule has 0 radical (unpaired) electrons. The van der Waals surface area contributed by atoms with Crippen LogP contribution >= 0.6 is 15.9 Å². The van der Waals surface area contributed by atoms with Crippen LogP contribution in [0.3, 0.4) is 0 Å². The molecule has 0 aliphatic carbocycles. The van der Waals surface area contributed by atoms with Crippen LogP contribution in [0.1, 0.15) is 33.3 Å². The van der Waals surface area contributed by atoms with Crippen LogP contribution in [0, 0.1) is 24.7 Å². The molecule has 0 unspecified atom stereocenters. The van der Waals surface area contributed by atoms with Crippen LogP contribution in [-0.2, 0) is 10.0 Å². The smallest absolute Gasteiger partial charge is 0.211 e. The Morgan fingerprint density at radius 2 is 1.70 bits per heavy atom. The molecule has 0 atom stereocenters. The first-order valence-electron chi connectivity index (χ1n) is 6.91. The molecule has 114 valence electrons. The Labute approximate surface area is 131 Å². The largest absolute Gasteiger partial charge is 0.240 e. The molecule has 5 heteroatoms. The van der Waals surface area contributed by atoms with Crippen LogP contribution < -0.4 is 4.72 Å². The van der Waals surface area contributed by atoms with Crippen molar-refractivity contribution in [3.63, 3.8) is 0 Å². The van der Waals surface area contributed by atoms with E-state index in [0.29, 0.717) is 29.2 Å².